The van der Waals surface area contributed by atoms with Gasteiger partial charge in [0.05, 0.1) is 6.10 Å². The van der Waals surface area contributed by atoms with E-state index in [0.29, 0.717) is 12.8 Å². The number of benzene rings is 1. The van der Waals surface area contributed by atoms with Crippen molar-refractivity contribution in [2.75, 3.05) is 6.54 Å². The van der Waals surface area contributed by atoms with Crippen molar-refractivity contribution in [3.05, 3.63) is 35.9 Å². The molecule has 4 atom stereocenters. The van der Waals surface area contributed by atoms with Crippen molar-refractivity contribution in [2.45, 2.75) is 56.6 Å². The van der Waals surface area contributed by atoms with Gasteiger partial charge < -0.3 is 10.8 Å². The van der Waals surface area contributed by atoms with Crippen LogP contribution in [-0.4, -0.2) is 47.0 Å². The molecule has 0 unspecified atom stereocenters. The lowest BCUT2D eigenvalue weighted by molar-refractivity contribution is -0.181. The zero-order chi connectivity index (χ0) is 16.3. The van der Waals surface area contributed by atoms with Gasteiger partial charge in [-0.25, -0.2) is 0 Å². The van der Waals surface area contributed by atoms with Crippen LogP contribution in [0.25, 0.3) is 0 Å². The SMILES string of the molecule is C[C@H]1CC[C@H](C(F)(F)F)N1C[C@@H](O)[C@@H](N)Cc1ccccc1. The first-order valence-corrected chi connectivity index (χ1v) is 7.59. The van der Waals surface area contributed by atoms with E-state index in [1.807, 2.05) is 30.3 Å². The van der Waals surface area contributed by atoms with Gasteiger partial charge in [-0.1, -0.05) is 30.3 Å². The van der Waals surface area contributed by atoms with Gasteiger partial charge in [0.1, 0.15) is 6.04 Å². The van der Waals surface area contributed by atoms with Crippen molar-refractivity contribution >= 4 is 0 Å². The predicted molar refractivity (Wildman–Crippen MR) is 79.4 cm³/mol. The summed E-state index contributed by atoms with van der Waals surface area (Å²) in [6.45, 7) is 1.72. The molecule has 0 saturated carbocycles. The molecule has 2 rings (SSSR count). The number of likely N-dealkylation sites (tertiary alicyclic amines) is 1. The molecule has 0 radical (unpaired) electrons. The van der Waals surface area contributed by atoms with Crippen LogP contribution in [0.5, 0.6) is 0 Å². The summed E-state index contributed by atoms with van der Waals surface area (Å²) in [6, 6.07) is 7.17. The van der Waals surface area contributed by atoms with Gasteiger partial charge in [0.2, 0.25) is 0 Å². The summed E-state index contributed by atoms with van der Waals surface area (Å²) in [7, 11) is 0. The van der Waals surface area contributed by atoms with Gasteiger partial charge in [-0.15, -0.1) is 0 Å². The summed E-state index contributed by atoms with van der Waals surface area (Å²) < 4.78 is 39.1. The molecule has 1 saturated heterocycles. The van der Waals surface area contributed by atoms with E-state index in [9.17, 15) is 18.3 Å². The fourth-order valence-electron chi connectivity index (χ4n) is 3.07. The van der Waals surface area contributed by atoms with Crippen LogP contribution in [0.15, 0.2) is 30.3 Å². The van der Waals surface area contributed by atoms with Crippen molar-refractivity contribution in [3.63, 3.8) is 0 Å². The zero-order valence-corrected chi connectivity index (χ0v) is 12.6. The van der Waals surface area contributed by atoms with Crippen molar-refractivity contribution in [2.24, 2.45) is 5.73 Å². The number of aliphatic hydroxyl groups is 1. The molecule has 6 heteroatoms. The van der Waals surface area contributed by atoms with E-state index in [-0.39, 0.29) is 19.0 Å². The lowest BCUT2D eigenvalue weighted by atomic mass is 10.0. The van der Waals surface area contributed by atoms with Crippen LogP contribution in [0, 0.1) is 0 Å². The number of halogens is 3. The third-order valence-electron chi connectivity index (χ3n) is 4.41. The molecule has 22 heavy (non-hydrogen) atoms. The van der Waals surface area contributed by atoms with Crippen LogP contribution in [-0.2, 0) is 6.42 Å². The number of nitrogens with two attached hydrogens (primary N) is 1. The molecular formula is C16H23F3N2O. The highest BCUT2D eigenvalue weighted by molar-refractivity contribution is 5.16. The van der Waals surface area contributed by atoms with Gasteiger partial charge in [-0.05, 0) is 31.7 Å². The number of hydrogen-bond acceptors (Lipinski definition) is 3. The topological polar surface area (TPSA) is 49.5 Å². The average molecular weight is 316 g/mol. The Balaban J connectivity index is 1.96. The van der Waals surface area contributed by atoms with E-state index in [4.69, 9.17) is 5.73 Å². The molecule has 0 bridgehead atoms. The first-order chi connectivity index (χ1) is 10.3. The average Bonchev–Trinajstić information content (AvgIpc) is 2.81. The number of hydrogen-bond donors (Lipinski definition) is 2. The molecule has 1 aromatic carbocycles. The molecule has 0 aromatic heterocycles. The van der Waals surface area contributed by atoms with E-state index in [0.717, 1.165) is 5.56 Å². The fourth-order valence-corrected chi connectivity index (χ4v) is 3.07. The summed E-state index contributed by atoms with van der Waals surface area (Å²) in [5.74, 6) is 0. The first-order valence-electron chi connectivity index (χ1n) is 7.59. The third kappa shape index (κ3) is 4.21. The Morgan fingerprint density at radius 3 is 2.50 bits per heavy atom. The standard InChI is InChI=1S/C16H23F3N2O/c1-11-7-8-15(16(17,18)19)21(11)10-14(22)13(20)9-12-5-3-2-4-6-12/h2-6,11,13-15,22H,7-10,20H2,1H3/t11-,13-,14+,15+/m0/s1. The molecule has 0 aliphatic carbocycles. The smallest absolute Gasteiger partial charge is 0.390 e. The summed E-state index contributed by atoms with van der Waals surface area (Å²) >= 11 is 0. The first kappa shape index (κ1) is 17.2. The lowest BCUT2D eigenvalue weighted by Gasteiger charge is -2.33. The van der Waals surface area contributed by atoms with Crippen LogP contribution in [0.2, 0.25) is 0 Å². The van der Waals surface area contributed by atoms with E-state index in [1.165, 1.54) is 4.90 Å². The molecule has 0 amide bonds. The molecule has 1 aliphatic heterocycles. The summed E-state index contributed by atoms with van der Waals surface area (Å²) in [6.07, 6.45) is -4.21. The summed E-state index contributed by atoms with van der Waals surface area (Å²) in [5.41, 5.74) is 6.94. The number of β-amino-alcohol motifs (C(OH)–C–C–N with tert-alkyl or cyclic N) is 1. The Morgan fingerprint density at radius 2 is 1.91 bits per heavy atom. The second-order valence-corrected chi connectivity index (χ2v) is 6.10. The molecule has 1 fully saturated rings. The van der Waals surface area contributed by atoms with E-state index >= 15 is 0 Å². The Hall–Kier alpha value is -1.11. The number of rotatable bonds is 5. The maximum atomic E-state index is 13.0. The third-order valence-corrected chi connectivity index (χ3v) is 4.41. The van der Waals surface area contributed by atoms with Crippen molar-refractivity contribution in [1.29, 1.82) is 0 Å². The molecular weight excluding hydrogens is 293 g/mol. The number of aliphatic hydroxyl groups excluding tert-OH is 1. The molecule has 0 spiro atoms. The van der Waals surface area contributed by atoms with Gasteiger partial charge in [0.25, 0.3) is 0 Å². The second-order valence-electron chi connectivity index (χ2n) is 6.10. The maximum absolute atomic E-state index is 13.0. The minimum Gasteiger partial charge on any atom is -0.390 e. The molecule has 1 aromatic rings. The normalized spacial score (nSPS) is 26.1. The van der Waals surface area contributed by atoms with E-state index in [1.54, 1.807) is 6.92 Å². The Kier molecular flexibility index (Phi) is 5.47. The lowest BCUT2D eigenvalue weighted by Crippen LogP contribution is -2.51. The van der Waals surface area contributed by atoms with Crippen molar-refractivity contribution in [3.8, 4) is 0 Å². The van der Waals surface area contributed by atoms with Crippen LogP contribution in [0.4, 0.5) is 13.2 Å². The van der Waals surface area contributed by atoms with Crippen LogP contribution < -0.4 is 5.73 Å². The summed E-state index contributed by atoms with van der Waals surface area (Å²) in [4.78, 5) is 1.34. The van der Waals surface area contributed by atoms with Crippen LogP contribution in [0.1, 0.15) is 25.3 Å². The quantitative estimate of drug-likeness (QED) is 0.876. The molecule has 3 nitrogen and oxygen atoms in total. The minimum atomic E-state index is -4.26. The fraction of sp³-hybridized carbons (Fsp3) is 0.625. The van der Waals surface area contributed by atoms with Crippen molar-refractivity contribution in [1.82, 2.24) is 4.90 Å². The van der Waals surface area contributed by atoms with Gasteiger partial charge in [0, 0.05) is 18.6 Å². The monoisotopic (exact) mass is 316 g/mol. The van der Waals surface area contributed by atoms with E-state index in [2.05, 4.69) is 0 Å². The summed E-state index contributed by atoms with van der Waals surface area (Å²) in [5, 5.41) is 10.2. The molecule has 1 heterocycles. The highest BCUT2D eigenvalue weighted by Gasteiger charge is 2.48. The number of nitrogens with zero attached hydrogens (tertiary/aromatic N) is 1. The Labute approximate surface area is 128 Å². The molecule has 124 valence electrons. The second kappa shape index (κ2) is 6.98. The Morgan fingerprint density at radius 1 is 1.27 bits per heavy atom. The maximum Gasteiger partial charge on any atom is 0.404 e. The van der Waals surface area contributed by atoms with E-state index < -0.39 is 24.4 Å². The van der Waals surface area contributed by atoms with Gasteiger partial charge in [-0.2, -0.15) is 13.2 Å². The van der Waals surface area contributed by atoms with Crippen molar-refractivity contribution < 1.29 is 18.3 Å². The Bertz CT molecular complexity index is 466. The highest BCUT2D eigenvalue weighted by Crippen LogP contribution is 2.35. The van der Waals surface area contributed by atoms with Gasteiger partial charge in [-0.3, -0.25) is 4.90 Å². The minimum absolute atomic E-state index is 0.0423. The van der Waals surface area contributed by atoms with Crippen LogP contribution in [0.3, 0.4) is 0 Å². The van der Waals surface area contributed by atoms with Crippen LogP contribution >= 0.6 is 0 Å². The molecule has 3 N–H and O–H groups in total. The largest absolute Gasteiger partial charge is 0.404 e. The highest BCUT2D eigenvalue weighted by atomic mass is 19.4. The predicted octanol–water partition coefficient (Wildman–Crippen LogP) is 2.33. The van der Waals surface area contributed by atoms with Gasteiger partial charge >= 0.3 is 6.18 Å². The zero-order valence-electron chi connectivity index (χ0n) is 12.6. The molecule has 1 aliphatic rings. The van der Waals surface area contributed by atoms with Gasteiger partial charge in [0.15, 0.2) is 0 Å². The number of alkyl halides is 3.